The van der Waals surface area contributed by atoms with E-state index in [1.807, 2.05) is 49.4 Å². The van der Waals surface area contributed by atoms with Crippen LogP contribution in [0.3, 0.4) is 0 Å². The zero-order valence-electron chi connectivity index (χ0n) is 14.7. The molecule has 0 saturated heterocycles. The van der Waals surface area contributed by atoms with Crippen LogP contribution >= 0.6 is 0 Å². The minimum absolute atomic E-state index is 0.541. The van der Waals surface area contributed by atoms with Crippen LogP contribution in [0.25, 0.3) is 11.1 Å². The molecule has 0 amide bonds. The van der Waals surface area contributed by atoms with Crippen molar-refractivity contribution in [3.63, 3.8) is 0 Å². The molecule has 0 aliphatic heterocycles. The SMILES string of the molecule is C=CC(=O)O/C=C\Oc1ccc(-c2ccc(O/C=C\OC)cc2C)cc1. The molecule has 2 aromatic rings. The number of methoxy groups -OCH3 is 1. The molecule has 0 atom stereocenters. The molecule has 0 N–H and O–H groups in total. The van der Waals surface area contributed by atoms with Crippen LogP contribution in [0.1, 0.15) is 5.56 Å². The molecule has 0 bridgehead atoms. The number of carbonyl (C=O) groups is 1. The Labute approximate surface area is 152 Å². The summed E-state index contributed by atoms with van der Waals surface area (Å²) in [6.45, 7) is 5.32. The van der Waals surface area contributed by atoms with E-state index in [1.54, 1.807) is 7.11 Å². The predicted molar refractivity (Wildman–Crippen MR) is 99.4 cm³/mol. The maximum atomic E-state index is 10.9. The fourth-order valence-corrected chi connectivity index (χ4v) is 2.16. The fraction of sp³-hybridized carbons (Fsp3) is 0.0952. The van der Waals surface area contributed by atoms with Gasteiger partial charge in [0.2, 0.25) is 0 Å². The number of benzene rings is 2. The highest BCUT2D eigenvalue weighted by molar-refractivity contribution is 5.81. The van der Waals surface area contributed by atoms with Gasteiger partial charge in [-0.2, -0.15) is 0 Å². The molecule has 0 saturated carbocycles. The van der Waals surface area contributed by atoms with Crippen LogP contribution in [0.15, 0.2) is 80.2 Å². The number of aryl methyl sites for hydroxylation is 1. The van der Waals surface area contributed by atoms with Crippen molar-refractivity contribution in [1.29, 1.82) is 0 Å². The number of hydrogen-bond acceptors (Lipinski definition) is 5. The molecular weight excluding hydrogens is 332 g/mol. The van der Waals surface area contributed by atoms with E-state index in [2.05, 4.69) is 11.3 Å². The zero-order valence-corrected chi connectivity index (χ0v) is 14.7. The van der Waals surface area contributed by atoms with Gasteiger partial charge < -0.3 is 18.9 Å². The molecule has 2 aromatic carbocycles. The summed E-state index contributed by atoms with van der Waals surface area (Å²) in [6.07, 6.45) is 6.49. The van der Waals surface area contributed by atoms with Crippen molar-refractivity contribution in [3.05, 3.63) is 85.7 Å². The van der Waals surface area contributed by atoms with Crippen molar-refractivity contribution in [3.8, 4) is 22.6 Å². The van der Waals surface area contributed by atoms with Gasteiger partial charge in [-0.25, -0.2) is 4.79 Å². The molecule has 134 valence electrons. The number of hydrogen-bond donors (Lipinski definition) is 0. The average molecular weight is 352 g/mol. The summed E-state index contributed by atoms with van der Waals surface area (Å²) < 4.78 is 20.3. The number of esters is 1. The lowest BCUT2D eigenvalue weighted by Gasteiger charge is -2.09. The minimum Gasteiger partial charge on any atom is -0.501 e. The Balaban J connectivity index is 2.02. The first-order chi connectivity index (χ1) is 12.6. The molecule has 0 aliphatic carbocycles. The fourth-order valence-electron chi connectivity index (χ4n) is 2.16. The highest BCUT2D eigenvalue weighted by atomic mass is 16.5. The number of ether oxygens (including phenoxy) is 4. The third-order valence-corrected chi connectivity index (χ3v) is 3.37. The van der Waals surface area contributed by atoms with Gasteiger partial charge in [-0.1, -0.05) is 24.8 Å². The van der Waals surface area contributed by atoms with Crippen LogP contribution in [-0.4, -0.2) is 13.1 Å². The first-order valence-electron chi connectivity index (χ1n) is 7.84. The third kappa shape index (κ3) is 5.56. The summed E-state index contributed by atoms with van der Waals surface area (Å²) in [6, 6.07) is 13.4. The monoisotopic (exact) mass is 352 g/mol. The van der Waals surface area contributed by atoms with Crippen LogP contribution in [0.4, 0.5) is 0 Å². The van der Waals surface area contributed by atoms with Gasteiger partial charge in [0, 0.05) is 6.08 Å². The van der Waals surface area contributed by atoms with Crippen LogP contribution in [0, 0.1) is 6.92 Å². The lowest BCUT2D eigenvalue weighted by atomic mass is 10.0. The molecule has 26 heavy (non-hydrogen) atoms. The Morgan fingerprint density at radius 2 is 1.58 bits per heavy atom. The van der Waals surface area contributed by atoms with Crippen molar-refractivity contribution in [2.24, 2.45) is 0 Å². The quantitative estimate of drug-likeness (QED) is 0.390. The van der Waals surface area contributed by atoms with Crippen LogP contribution in [0.5, 0.6) is 11.5 Å². The minimum atomic E-state index is -0.541. The largest absolute Gasteiger partial charge is 0.501 e. The van der Waals surface area contributed by atoms with Gasteiger partial charge in [-0.3, -0.25) is 0 Å². The zero-order chi connectivity index (χ0) is 18.8. The van der Waals surface area contributed by atoms with Gasteiger partial charge in [-0.05, 0) is 47.9 Å². The molecule has 5 nitrogen and oxygen atoms in total. The number of rotatable bonds is 8. The second-order valence-electron chi connectivity index (χ2n) is 5.16. The first kappa shape index (κ1) is 18.9. The normalized spacial score (nSPS) is 10.7. The summed E-state index contributed by atoms with van der Waals surface area (Å²) in [5, 5.41) is 0. The Morgan fingerprint density at radius 3 is 2.23 bits per heavy atom. The molecule has 0 heterocycles. The third-order valence-electron chi connectivity index (χ3n) is 3.37. The van der Waals surface area contributed by atoms with E-state index in [0.29, 0.717) is 5.75 Å². The standard InChI is InChI=1S/C21H20O5/c1-4-21(22)26-14-13-24-18-7-5-17(6-8-18)20-10-9-19(15-16(20)2)25-12-11-23-3/h4-15H,1H2,2-3H3/b12-11-,14-13-. The van der Waals surface area contributed by atoms with E-state index < -0.39 is 5.97 Å². The summed E-state index contributed by atoms with van der Waals surface area (Å²) in [7, 11) is 1.56. The van der Waals surface area contributed by atoms with E-state index in [0.717, 1.165) is 28.5 Å². The van der Waals surface area contributed by atoms with Gasteiger partial charge in [0.15, 0.2) is 0 Å². The predicted octanol–water partition coefficient (Wildman–Crippen LogP) is 4.74. The summed E-state index contributed by atoms with van der Waals surface area (Å²) in [5.41, 5.74) is 3.23. The molecule has 0 aliphatic rings. The average Bonchev–Trinajstić information content (AvgIpc) is 2.66. The first-order valence-corrected chi connectivity index (χ1v) is 7.84. The molecule has 0 spiro atoms. The van der Waals surface area contributed by atoms with Crippen molar-refractivity contribution in [2.45, 2.75) is 6.92 Å². The second-order valence-corrected chi connectivity index (χ2v) is 5.16. The van der Waals surface area contributed by atoms with Gasteiger partial charge in [0.1, 0.15) is 36.5 Å². The van der Waals surface area contributed by atoms with Crippen molar-refractivity contribution >= 4 is 5.97 Å². The lowest BCUT2D eigenvalue weighted by molar-refractivity contribution is -0.132. The van der Waals surface area contributed by atoms with Gasteiger partial charge in [0.25, 0.3) is 0 Å². The maximum Gasteiger partial charge on any atom is 0.335 e. The molecule has 0 aromatic heterocycles. The molecule has 5 heteroatoms. The summed E-state index contributed by atoms with van der Waals surface area (Å²) >= 11 is 0. The molecular formula is C21H20O5. The van der Waals surface area contributed by atoms with Crippen molar-refractivity contribution in [1.82, 2.24) is 0 Å². The van der Waals surface area contributed by atoms with Crippen molar-refractivity contribution < 1.29 is 23.7 Å². The van der Waals surface area contributed by atoms with E-state index in [9.17, 15) is 4.79 Å². The Morgan fingerprint density at radius 1 is 0.923 bits per heavy atom. The van der Waals surface area contributed by atoms with Crippen LogP contribution < -0.4 is 9.47 Å². The molecule has 0 fully saturated rings. The smallest absolute Gasteiger partial charge is 0.335 e. The van der Waals surface area contributed by atoms with Gasteiger partial charge >= 0.3 is 5.97 Å². The van der Waals surface area contributed by atoms with E-state index in [-0.39, 0.29) is 0 Å². The Kier molecular flexibility index (Phi) is 7.06. The second kappa shape index (κ2) is 9.74. The van der Waals surface area contributed by atoms with Gasteiger partial charge in [0.05, 0.1) is 7.11 Å². The van der Waals surface area contributed by atoms with E-state index >= 15 is 0 Å². The Hall–Kier alpha value is -3.47. The van der Waals surface area contributed by atoms with Gasteiger partial charge in [-0.15, -0.1) is 0 Å². The van der Waals surface area contributed by atoms with Crippen LogP contribution in [-0.2, 0) is 14.3 Å². The summed E-state index contributed by atoms with van der Waals surface area (Å²) in [4.78, 5) is 10.9. The Bertz CT molecular complexity index is 804. The highest BCUT2D eigenvalue weighted by Gasteiger charge is 2.04. The molecule has 2 rings (SSSR count). The van der Waals surface area contributed by atoms with E-state index in [1.165, 1.54) is 25.0 Å². The van der Waals surface area contributed by atoms with Crippen molar-refractivity contribution in [2.75, 3.05) is 7.11 Å². The topological polar surface area (TPSA) is 54.0 Å². The highest BCUT2D eigenvalue weighted by Crippen LogP contribution is 2.28. The van der Waals surface area contributed by atoms with Crippen LogP contribution in [0.2, 0.25) is 0 Å². The lowest BCUT2D eigenvalue weighted by Crippen LogP contribution is -1.93. The summed E-state index contributed by atoms with van der Waals surface area (Å²) in [5.74, 6) is 0.821. The number of carbonyl (C=O) groups excluding carboxylic acids is 1. The maximum absolute atomic E-state index is 10.9. The molecule has 0 radical (unpaired) electrons. The molecule has 0 unspecified atom stereocenters. The van der Waals surface area contributed by atoms with E-state index in [4.69, 9.17) is 14.2 Å².